The monoisotopic (exact) mass is 520 g/mol. The largest absolute Gasteiger partial charge is 0.487 e. The number of hydrogen-bond acceptors (Lipinski definition) is 5. The molecule has 0 unspecified atom stereocenters. The van der Waals surface area contributed by atoms with E-state index < -0.39 is 16.1 Å². The van der Waals surface area contributed by atoms with Gasteiger partial charge in [0.25, 0.3) is 0 Å². The first-order valence-corrected chi connectivity index (χ1v) is 14.1. The van der Waals surface area contributed by atoms with E-state index in [0.29, 0.717) is 12.3 Å². The second kappa shape index (κ2) is 12.0. The van der Waals surface area contributed by atoms with Crippen molar-refractivity contribution in [3.8, 4) is 5.75 Å². The third kappa shape index (κ3) is 6.67. The van der Waals surface area contributed by atoms with Crippen LogP contribution in [0.15, 0.2) is 83.8 Å². The summed E-state index contributed by atoms with van der Waals surface area (Å²) in [6.45, 7) is 5.15. The van der Waals surface area contributed by atoms with Crippen LogP contribution in [-0.2, 0) is 16.6 Å². The fraction of sp³-hybridized carbons (Fsp3) is 0.333. The van der Waals surface area contributed by atoms with E-state index in [9.17, 15) is 13.5 Å². The normalized spacial score (nSPS) is 20.7. The van der Waals surface area contributed by atoms with Gasteiger partial charge in [0.2, 0.25) is 10.0 Å². The number of rotatable bonds is 8. The minimum absolute atomic E-state index is 0.0985. The van der Waals surface area contributed by atoms with Crippen molar-refractivity contribution >= 4 is 22.2 Å². The molecular weight excluding hydrogens is 484 g/mol. The molecule has 3 aromatic carbocycles. The molecule has 3 atom stereocenters. The first kappa shape index (κ1) is 27.1. The van der Waals surface area contributed by atoms with E-state index >= 15 is 0 Å². The summed E-state index contributed by atoms with van der Waals surface area (Å²) < 4.78 is 35.3. The number of aliphatic hydroxyl groups excluding tert-OH is 1. The van der Waals surface area contributed by atoms with E-state index in [0.717, 1.165) is 17.7 Å². The zero-order valence-corrected chi connectivity index (χ0v) is 22.5. The zero-order chi connectivity index (χ0) is 26.4. The molecule has 1 heterocycles. The molecule has 6 nitrogen and oxygen atoms in total. The molecule has 1 aliphatic rings. The van der Waals surface area contributed by atoms with Crippen LogP contribution in [0.4, 0.5) is 0 Å². The van der Waals surface area contributed by atoms with Crippen molar-refractivity contribution in [3.05, 3.63) is 95.6 Å². The molecule has 7 heteroatoms. The van der Waals surface area contributed by atoms with Gasteiger partial charge in [-0.3, -0.25) is 4.90 Å². The molecule has 4 rings (SSSR count). The topological polar surface area (TPSA) is 70.1 Å². The number of hydrogen-bond donors (Lipinski definition) is 1. The standard InChI is InChI=1S/C30H36N2O4S/c1-23-19-32(24(2)22-33)37(34,35)30-17-16-26(15-14-25-10-6-4-7-11-25)18-28(30)36-29(23)21-31(3)20-27-12-8-5-9-13-27/h4-18,23-24,29,33H,19-22H2,1-3H3/b15-14+/t23-,24+,29+/m1/s1. The van der Waals surface area contributed by atoms with Gasteiger partial charge in [-0.15, -0.1) is 0 Å². The summed E-state index contributed by atoms with van der Waals surface area (Å²) in [7, 11) is -1.81. The first-order chi connectivity index (χ1) is 17.8. The quantitative estimate of drug-likeness (QED) is 0.434. The highest BCUT2D eigenvalue weighted by Crippen LogP contribution is 2.34. The second-order valence-electron chi connectivity index (χ2n) is 9.87. The zero-order valence-electron chi connectivity index (χ0n) is 21.7. The van der Waals surface area contributed by atoms with Gasteiger partial charge in [-0.2, -0.15) is 4.31 Å². The molecule has 3 aromatic rings. The lowest BCUT2D eigenvalue weighted by molar-refractivity contribution is 0.0733. The predicted molar refractivity (Wildman–Crippen MR) is 149 cm³/mol. The SMILES string of the molecule is C[C@@H]1CN([C@@H](C)CO)S(=O)(=O)c2ccc(/C=C/c3ccccc3)cc2O[C@H]1CN(C)Cc1ccccc1. The van der Waals surface area contributed by atoms with E-state index in [1.807, 2.05) is 74.7 Å². The summed E-state index contributed by atoms with van der Waals surface area (Å²) in [4.78, 5) is 2.33. The molecule has 0 saturated carbocycles. The molecule has 196 valence electrons. The Morgan fingerprint density at radius 1 is 1.03 bits per heavy atom. The fourth-order valence-electron chi connectivity index (χ4n) is 4.59. The Morgan fingerprint density at radius 2 is 1.68 bits per heavy atom. The molecule has 0 saturated heterocycles. The third-order valence-corrected chi connectivity index (χ3v) is 8.77. The minimum atomic E-state index is -3.86. The Hall–Kier alpha value is -2.97. The van der Waals surface area contributed by atoms with Gasteiger partial charge in [-0.05, 0) is 42.8 Å². The Morgan fingerprint density at radius 3 is 2.35 bits per heavy atom. The molecule has 1 aliphatic heterocycles. The van der Waals surface area contributed by atoms with Gasteiger partial charge in [0, 0.05) is 31.6 Å². The molecule has 1 N–H and O–H groups in total. The van der Waals surface area contributed by atoms with Gasteiger partial charge < -0.3 is 9.84 Å². The molecule has 0 aliphatic carbocycles. The van der Waals surface area contributed by atoms with Crippen molar-refractivity contribution in [2.24, 2.45) is 5.92 Å². The highest BCUT2D eigenvalue weighted by molar-refractivity contribution is 7.89. The number of aliphatic hydroxyl groups is 1. The summed E-state index contributed by atoms with van der Waals surface area (Å²) in [5, 5.41) is 9.86. The Balaban J connectivity index is 1.68. The van der Waals surface area contributed by atoms with Gasteiger partial charge in [0.1, 0.15) is 16.7 Å². The van der Waals surface area contributed by atoms with E-state index in [4.69, 9.17) is 4.74 Å². The van der Waals surface area contributed by atoms with Crippen molar-refractivity contribution in [1.82, 2.24) is 9.21 Å². The van der Waals surface area contributed by atoms with Crippen LogP contribution in [-0.4, -0.2) is 61.6 Å². The van der Waals surface area contributed by atoms with Crippen LogP contribution in [0.2, 0.25) is 0 Å². The molecule has 0 fully saturated rings. The molecule has 37 heavy (non-hydrogen) atoms. The number of benzene rings is 3. The number of likely N-dealkylation sites (N-methyl/N-ethyl adjacent to an activating group) is 1. The van der Waals surface area contributed by atoms with Crippen LogP contribution in [0, 0.1) is 5.92 Å². The lowest BCUT2D eigenvalue weighted by Crippen LogP contribution is -2.49. The van der Waals surface area contributed by atoms with Crippen LogP contribution in [0.3, 0.4) is 0 Å². The average Bonchev–Trinajstić information content (AvgIpc) is 2.90. The molecule has 0 bridgehead atoms. The Labute approximate surface area is 220 Å². The smallest absolute Gasteiger partial charge is 0.247 e. The molecular formula is C30H36N2O4S. The Kier molecular flexibility index (Phi) is 8.82. The Bertz CT molecular complexity index is 1300. The minimum Gasteiger partial charge on any atom is -0.487 e. The van der Waals surface area contributed by atoms with E-state index in [-0.39, 0.29) is 30.1 Å². The average molecular weight is 521 g/mol. The summed E-state index contributed by atoms with van der Waals surface area (Å²) in [6, 6.07) is 24.9. The molecule has 0 spiro atoms. The van der Waals surface area contributed by atoms with Gasteiger partial charge in [0.05, 0.1) is 6.61 Å². The first-order valence-electron chi connectivity index (χ1n) is 12.7. The maximum atomic E-state index is 13.7. The fourth-order valence-corrected chi connectivity index (χ4v) is 6.41. The third-order valence-electron chi connectivity index (χ3n) is 6.75. The molecule has 0 amide bonds. The summed E-state index contributed by atoms with van der Waals surface area (Å²) >= 11 is 0. The number of nitrogens with zero attached hydrogens (tertiary/aromatic N) is 2. The lowest BCUT2D eigenvalue weighted by Gasteiger charge is -2.37. The lowest BCUT2D eigenvalue weighted by atomic mass is 10.0. The van der Waals surface area contributed by atoms with Crippen LogP contribution >= 0.6 is 0 Å². The van der Waals surface area contributed by atoms with Crippen LogP contribution in [0.5, 0.6) is 5.75 Å². The van der Waals surface area contributed by atoms with Crippen LogP contribution in [0.25, 0.3) is 12.2 Å². The highest BCUT2D eigenvalue weighted by Gasteiger charge is 2.38. The van der Waals surface area contributed by atoms with Crippen LogP contribution in [0.1, 0.15) is 30.5 Å². The maximum absolute atomic E-state index is 13.7. The maximum Gasteiger partial charge on any atom is 0.247 e. The van der Waals surface area contributed by atoms with E-state index in [1.165, 1.54) is 9.87 Å². The van der Waals surface area contributed by atoms with Gasteiger partial charge >= 0.3 is 0 Å². The van der Waals surface area contributed by atoms with Crippen molar-refractivity contribution < 1.29 is 18.3 Å². The number of sulfonamides is 1. The summed E-state index contributed by atoms with van der Waals surface area (Å²) in [5.41, 5.74) is 3.11. The predicted octanol–water partition coefficient (Wildman–Crippen LogP) is 4.76. The van der Waals surface area contributed by atoms with Crippen molar-refractivity contribution in [1.29, 1.82) is 0 Å². The van der Waals surface area contributed by atoms with Crippen molar-refractivity contribution in [3.63, 3.8) is 0 Å². The van der Waals surface area contributed by atoms with Crippen molar-refractivity contribution in [2.45, 2.75) is 37.4 Å². The van der Waals surface area contributed by atoms with Crippen molar-refractivity contribution in [2.75, 3.05) is 26.7 Å². The highest BCUT2D eigenvalue weighted by atomic mass is 32.2. The molecule has 0 aromatic heterocycles. The van der Waals surface area contributed by atoms with Gasteiger partial charge in [-0.1, -0.05) is 85.8 Å². The van der Waals surface area contributed by atoms with E-state index in [2.05, 4.69) is 17.0 Å². The van der Waals surface area contributed by atoms with Gasteiger partial charge in [0.15, 0.2) is 0 Å². The van der Waals surface area contributed by atoms with Crippen LogP contribution < -0.4 is 4.74 Å². The number of ether oxygens (including phenoxy) is 1. The van der Waals surface area contributed by atoms with Gasteiger partial charge in [-0.25, -0.2) is 8.42 Å². The summed E-state index contributed by atoms with van der Waals surface area (Å²) in [6.07, 6.45) is 3.70. The summed E-state index contributed by atoms with van der Waals surface area (Å²) in [5.74, 6) is 0.244. The van der Waals surface area contributed by atoms with E-state index in [1.54, 1.807) is 25.1 Å². The number of fused-ring (bicyclic) bond motifs is 1. The second-order valence-corrected chi connectivity index (χ2v) is 11.7. The molecule has 0 radical (unpaired) electrons.